The minimum Gasteiger partial charge on any atom is -0.310 e. The molecule has 0 bridgehead atoms. The van der Waals surface area contributed by atoms with Crippen LogP contribution in [-0.4, -0.2) is 17.6 Å². The van der Waals surface area contributed by atoms with E-state index in [-0.39, 0.29) is 0 Å². The lowest BCUT2D eigenvalue weighted by Gasteiger charge is -2.28. The highest BCUT2D eigenvalue weighted by Gasteiger charge is 2.19. The summed E-state index contributed by atoms with van der Waals surface area (Å²) in [5.74, 6) is 0.632. The Morgan fingerprint density at radius 3 is 2.36 bits per heavy atom. The molecular formula is C9H18N2. The third-order valence-corrected chi connectivity index (χ3v) is 1.96. The largest absolute Gasteiger partial charge is 0.310 e. The van der Waals surface area contributed by atoms with Crippen molar-refractivity contribution < 1.29 is 0 Å². The van der Waals surface area contributed by atoms with Crippen molar-refractivity contribution in [2.24, 2.45) is 5.92 Å². The van der Waals surface area contributed by atoms with E-state index in [0.717, 1.165) is 6.54 Å². The summed E-state index contributed by atoms with van der Waals surface area (Å²) in [5, 5.41) is 2.25. The number of nitrogens with zero attached hydrogens (tertiary/aromatic N) is 1. The van der Waals surface area contributed by atoms with Crippen molar-refractivity contribution >= 4 is 0 Å². The van der Waals surface area contributed by atoms with Gasteiger partial charge in [-0.25, -0.2) is 5.43 Å². The third kappa shape index (κ3) is 1.74. The summed E-state index contributed by atoms with van der Waals surface area (Å²) in [5.41, 5.74) is 4.76. The van der Waals surface area contributed by atoms with Crippen molar-refractivity contribution in [3.05, 3.63) is 11.8 Å². The van der Waals surface area contributed by atoms with Crippen LogP contribution in [0.2, 0.25) is 0 Å². The van der Waals surface area contributed by atoms with Gasteiger partial charge in [0.05, 0.1) is 0 Å². The van der Waals surface area contributed by atoms with Gasteiger partial charge in [0.15, 0.2) is 0 Å². The van der Waals surface area contributed by atoms with Crippen LogP contribution in [0.25, 0.3) is 0 Å². The molecule has 0 radical (unpaired) electrons. The number of rotatable bonds is 2. The molecule has 0 fully saturated rings. The predicted molar refractivity (Wildman–Crippen MR) is 47.9 cm³/mol. The van der Waals surface area contributed by atoms with Crippen LogP contribution in [0.15, 0.2) is 11.8 Å². The van der Waals surface area contributed by atoms with Crippen molar-refractivity contribution in [1.82, 2.24) is 10.4 Å². The van der Waals surface area contributed by atoms with Gasteiger partial charge in [-0.05, 0) is 25.8 Å². The van der Waals surface area contributed by atoms with E-state index in [1.54, 1.807) is 0 Å². The molecule has 1 aliphatic heterocycles. The molecule has 64 valence electrons. The second-order valence-electron chi connectivity index (χ2n) is 3.61. The van der Waals surface area contributed by atoms with Gasteiger partial charge < -0.3 is 5.01 Å². The molecule has 1 heterocycles. The van der Waals surface area contributed by atoms with E-state index >= 15 is 0 Å². The van der Waals surface area contributed by atoms with Crippen LogP contribution in [0.5, 0.6) is 0 Å². The molecule has 1 rings (SSSR count). The molecule has 11 heavy (non-hydrogen) atoms. The van der Waals surface area contributed by atoms with Gasteiger partial charge in [0, 0.05) is 18.3 Å². The fraction of sp³-hybridized carbons (Fsp3) is 0.778. The third-order valence-electron chi connectivity index (χ3n) is 1.96. The van der Waals surface area contributed by atoms with E-state index < -0.39 is 0 Å². The Morgan fingerprint density at radius 2 is 2.00 bits per heavy atom. The summed E-state index contributed by atoms with van der Waals surface area (Å²) in [6.45, 7) is 9.86. The van der Waals surface area contributed by atoms with E-state index in [2.05, 4.69) is 44.2 Å². The summed E-state index contributed by atoms with van der Waals surface area (Å²) in [7, 11) is 0. The Bertz CT molecular complexity index is 159. The highest BCUT2D eigenvalue weighted by atomic mass is 15.5. The van der Waals surface area contributed by atoms with Gasteiger partial charge in [0.25, 0.3) is 0 Å². The Hall–Kier alpha value is -0.500. The molecule has 2 nitrogen and oxygen atoms in total. The Morgan fingerprint density at radius 1 is 1.36 bits per heavy atom. The maximum Gasteiger partial charge on any atom is 0.0395 e. The first-order valence-corrected chi connectivity index (χ1v) is 4.35. The van der Waals surface area contributed by atoms with Crippen molar-refractivity contribution in [3.63, 3.8) is 0 Å². The zero-order chi connectivity index (χ0) is 8.43. The summed E-state index contributed by atoms with van der Waals surface area (Å²) >= 11 is 0. The van der Waals surface area contributed by atoms with Gasteiger partial charge in [-0.3, -0.25) is 0 Å². The fourth-order valence-corrected chi connectivity index (χ4v) is 1.43. The molecule has 0 saturated heterocycles. The molecule has 2 heteroatoms. The van der Waals surface area contributed by atoms with E-state index in [1.165, 1.54) is 5.70 Å². The highest BCUT2D eigenvalue weighted by Crippen LogP contribution is 2.18. The van der Waals surface area contributed by atoms with Gasteiger partial charge in [0.2, 0.25) is 0 Å². The van der Waals surface area contributed by atoms with Crippen LogP contribution in [0.3, 0.4) is 0 Å². The Kier molecular flexibility index (Phi) is 2.55. The van der Waals surface area contributed by atoms with Crippen LogP contribution in [0.1, 0.15) is 27.7 Å². The number of nitrogens with one attached hydrogen (secondary N) is 1. The zero-order valence-electron chi connectivity index (χ0n) is 7.89. The van der Waals surface area contributed by atoms with Crippen LogP contribution in [0.4, 0.5) is 0 Å². The van der Waals surface area contributed by atoms with E-state index in [4.69, 9.17) is 0 Å². The molecule has 0 amide bonds. The molecule has 0 aromatic rings. The lowest BCUT2D eigenvalue weighted by Crippen LogP contribution is -2.38. The first-order chi connectivity index (χ1) is 5.13. The van der Waals surface area contributed by atoms with Crippen molar-refractivity contribution in [2.45, 2.75) is 33.7 Å². The lowest BCUT2D eigenvalue weighted by atomic mass is 10.1. The summed E-state index contributed by atoms with van der Waals surface area (Å²) < 4.78 is 0. The first kappa shape index (κ1) is 8.60. The number of hydrazine groups is 1. The van der Waals surface area contributed by atoms with Crippen LogP contribution < -0.4 is 5.43 Å². The highest BCUT2D eigenvalue weighted by molar-refractivity contribution is 5.09. The van der Waals surface area contributed by atoms with Gasteiger partial charge in [0.1, 0.15) is 0 Å². The topological polar surface area (TPSA) is 15.3 Å². The monoisotopic (exact) mass is 154 g/mol. The number of hydrogen-bond acceptors (Lipinski definition) is 2. The normalized spacial score (nSPS) is 18.4. The second-order valence-corrected chi connectivity index (χ2v) is 3.61. The van der Waals surface area contributed by atoms with E-state index in [9.17, 15) is 0 Å². The van der Waals surface area contributed by atoms with Crippen LogP contribution in [-0.2, 0) is 0 Å². The molecule has 0 aromatic carbocycles. The van der Waals surface area contributed by atoms with Crippen LogP contribution in [0, 0.1) is 5.92 Å². The second kappa shape index (κ2) is 3.26. The fourth-order valence-electron chi connectivity index (χ4n) is 1.43. The average Bonchev–Trinajstić information content (AvgIpc) is 2.32. The quantitative estimate of drug-likeness (QED) is 0.652. The number of hydrogen-bond donors (Lipinski definition) is 1. The minimum absolute atomic E-state index is 0.561. The predicted octanol–water partition coefficient (Wildman–Crippen LogP) is 1.75. The maximum absolute atomic E-state index is 3.33. The Labute approximate surface area is 69.2 Å². The minimum atomic E-state index is 0.561. The van der Waals surface area contributed by atoms with E-state index in [1.807, 2.05) is 0 Å². The summed E-state index contributed by atoms with van der Waals surface area (Å²) in [4.78, 5) is 0. The Balaban J connectivity index is 2.63. The summed E-state index contributed by atoms with van der Waals surface area (Å²) in [6.07, 6.45) is 2.27. The molecule has 0 saturated carbocycles. The standard InChI is InChI=1S/C9H18N2/c1-7(2)9-5-6-10-11(9)8(3)4/h5,7-8,10H,6H2,1-4H3. The summed E-state index contributed by atoms with van der Waals surface area (Å²) in [6, 6.07) is 0.561. The number of allylic oxidation sites excluding steroid dienone is 1. The lowest BCUT2D eigenvalue weighted by molar-refractivity contribution is 0.209. The molecule has 0 aliphatic carbocycles. The zero-order valence-corrected chi connectivity index (χ0v) is 7.89. The molecule has 1 aliphatic rings. The molecule has 0 aromatic heterocycles. The van der Waals surface area contributed by atoms with Crippen molar-refractivity contribution in [2.75, 3.05) is 6.54 Å². The van der Waals surface area contributed by atoms with E-state index in [0.29, 0.717) is 12.0 Å². The van der Waals surface area contributed by atoms with Crippen molar-refractivity contribution in [1.29, 1.82) is 0 Å². The molecule has 0 atom stereocenters. The van der Waals surface area contributed by atoms with Gasteiger partial charge >= 0.3 is 0 Å². The average molecular weight is 154 g/mol. The maximum atomic E-state index is 3.33. The molecule has 0 spiro atoms. The molecule has 1 N–H and O–H groups in total. The van der Waals surface area contributed by atoms with Gasteiger partial charge in [-0.2, -0.15) is 0 Å². The molecular weight excluding hydrogens is 136 g/mol. The van der Waals surface area contributed by atoms with Gasteiger partial charge in [-0.15, -0.1) is 0 Å². The smallest absolute Gasteiger partial charge is 0.0395 e. The first-order valence-electron chi connectivity index (χ1n) is 4.35. The van der Waals surface area contributed by atoms with Crippen molar-refractivity contribution in [3.8, 4) is 0 Å². The SMILES string of the molecule is CC(C)C1=CCNN1C(C)C. The molecule has 0 unspecified atom stereocenters. The van der Waals surface area contributed by atoms with Gasteiger partial charge in [-0.1, -0.05) is 13.8 Å². The van der Waals surface area contributed by atoms with Crippen LogP contribution >= 0.6 is 0 Å².